The van der Waals surface area contributed by atoms with Crippen molar-refractivity contribution in [3.63, 3.8) is 0 Å². The van der Waals surface area contributed by atoms with E-state index in [1.807, 2.05) is 31.2 Å². The van der Waals surface area contributed by atoms with Gasteiger partial charge in [0.15, 0.2) is 0 Å². The molecule has 0 heterocycles. The van der Waals surface area contributed by atoms with Gasteiger partial charge in [0.05, 0.1) is 7.11 Å². The first-order valence-electron chi connectivity index (χ1n) is 5.28. The van der Waals surface area contributed by atoms with Crippen molar-refractivity contribution in [2.24, 2.45) is 0 Å². The van der Waals surface area contributed by atoms with Crippen LogP contribution in [0.15, 0.2) is 48.2 Å². The molecule has 2 rings (SSSR count). The second-order valence-corrected chi connectivity index (χ2v) is 3.57. The lowest BCUT2D eigenvalue weighted by molar-refractivity contribution is 0.415. The maximum Gasteiger partial charge on any atom is 0.119 e. The molecule has 0 fully saturated rings. The summed E-state index contributed by atoms with van der Waals surface area (Å²) in [7, 11) is 1.68. The molecular formula is C15H14O. The molecule has 0 spiro atoms. The lowest BCUT2D eigenvalue weighted by Crippen LogP contribution is -1.82. The zero-order valence-corrected chi connectivity index (χ0v) is 9.53. The summed E-state index contributed by atoms with van der Waals surface area (Å²) in [4.78, 5) is 0. The standard InChI is InChI=1S/C15H14O/c1-3-4-5-12-6-7-14-11-15(16-2)9-8-13(14)10-12/h3,5-11H,1-2H3. The van der Waals surface area contributed by atoms with E-state index in [0.29, 0.717) is 0 Å². The summed E-state index contributed by atoms with van der Waals surface area (Å²) in [5.41, 5.74) is 4.24. The van der Waals surface area contributed by atoms with Crippen LogP contribution in [0.3, 0.4) is 0 Å². The lowest BCUT2D eigenvalue weighted by Gasteiger charge is -2.03. The van der Waals surface area contributed by atoms with Gasteiger partial charge in [-0.2, -0.15) is 0 Å². The first kappa shape index (κ1) is 10.5. The van der Waals surface area contributed by atoms with E-state index in [4.69, 9.17) is 4.74 Å². The van der Waals surface area contributed by atoms with Gasteiger partial charge in [-0.05, 0) is 53.6 Å². The molecule has 1 heteroatoms. The topological polar surface area (TPSA) is 9.23 Å². The molecule has 0 saturated carbocycles. The number of fused-ring (bicyclic) bond motifs is 1. The summed E-state index contributed by atoms with van der Waals surface area (Å²) in [5.74, 6) is 0.893. The van der Waals surface area contributed by atoms with Crippen LogP contribution in [-0.4, -0.2) is 7.11 Å². The van der Waals surface area contributed by atoms with Crippen LogP contribution in [0.5, 0.6) is 5.75 Å². The third-order valence-corrected chi connectivity index (χ3v) is 2.49. The quantitative estimate of drug-likeness (QED) is 0.680. The van der Waals surface area contributed by atoms with Crippen molar-refractivity contribution in [1.29, 1.82) is 0 Å². The largest absolute Gasteiger partial charge is 0.497 e. The van der Waals surface area contributed by atoms with Gasteiger partial charge in [-0.15, -0.1) is 5.73 Å². The first-order chi connectivity index (χ1) is 7.83. The molecule has 80 valence electrons. The predicted molar refractivity (Wildman–Crippen MR) is 68.7 cm³/mol. The molecule has 0 aliphatic carbocycles. The molecule has 16 heavy (non-hydrogen) atoms. The van der Waals surface area contributed by atoms with E-state index in [2.05, 4.69) is 30.0 Å². The second kappa shape index (κ2) is 4.69. The van der Waals surface area contributed by atoms with E-state index in [0.717, 1.165) is 11.3 Å². The number of benzene rings is 2. The summed E-state index contributed by atoms with van der Waals surface area (Å²) in [5, 5.41) is 2.41. The van der Waals surface area contributed by atoms with Crippen LogP contribution in [0.25, 0.3) is 16.8 Å². The van der Waals surface area contributed by atoms with Crippen LogP contribution < -0.4 is 4.74 Å². The van der Waals surface area contributed by atoms with E-state index in [1.54, 1.807) is 7.11 Å². The maximum absolute atomic E-state index is 5.19. The highest BCUT2D eigenvalue weighted by atomic mass is 16.5. The van der Waals surface area contributed by atoms with Crippen molar-refractivity contribution < 1.29 is 4.74 Å². The molecule has 1 nitrogen and oxygen atoms in total. The van der Waals surface area contributed by atoms with Gasteiger partial charge in [0.25, 0.3) is 0 Å². The Bertz CT molecular complexity index is 561. The summed E-state index contributed by atoms with van der Waals surface area (Å²) in [6, 6.07) is 12.4. The summed E-state index contributed by atoms with van der Waals surface area (Å²) >= 11 is 0. The molecule has 2 aromatic carbocycles. The van der Waals surface area contributed by atoms with Crippen molar-refractivity contribution in [3.8, 4) is 5.75 Å². The average Bonchev–Trinajstić information content (AvgIpc) is 2.35. The third kappa shape index (κ3) is 2.16. The van der Waals surface area contributed by atoms with Crippen LogP contribution in [0.4, 0.5) is 0 Å². The minimum atomic E-state index is 0.893. The van der Waals surface area contributed by atoms with Crippen molar-refractivity contribution in [2.45, 2.75) is 6.92 Å². The number of hydrogen-bond acceptors (Lipinski definition) is 1. The number of ether oxygens (including phenoxy) is 1. The van der Waals surface area contributed by atoms with Crippen molar-refractivity contribution in [2.75, 3.05) is 7.11 Å². The van der Waals surface area contributed by atoms with Crippen molar-refractivity contribution >= 4 is 16.8 Å². The molecule has 0 aliphatic heterocycles. The fourth-order valence-corrected chi connectivity index (χ4v) is 1.64. The fraction of sp³-hybridized carbons (Fsp3) is 0.133. The Balaban J connectivity index is 2.51. The fourth-order valence-electron chi connectivity index (χ4n) is 1.64. The van der Waals surface area contributed by atoms with E-state index >= 15 is 0 Å². The molecule has 2 aromatic rings. The van der Waals surface area contributed by atoms with E-state index in [1.165, 1.54) is 10.8 Å². The van der Waals surface area contributed by atoms with E-state index in [-0.39, 0.29) is 0 Å². The summed E-state index contributed by atoms with van der Waals surface area (Å²) in [6.45, 7) is 1.96. The Labute approximate surface area is 95.7 Å². The molecule has 0 unspecified atom stereocenters. The molecule has 0 aromatic heterocycles. The average molecular weight is 210 g/mol. The maximum atomic E-state index is 5.19. The highest BCUT2D eigenvalue weighted by Crippen LogP contribution is 2.22. The SMILES string of the molecule is CC=C=Cc1ccc2cc(OC)ccc2c1. The summed E-state index contributed by atoms with van der Waals surface area (Å²) in [6.07, 6.45) is 3.88. The molecule has 0 N–H and O–H groups in total. The molecule has 0 saturated heterocycles. The number of hydrogen-bond donors (Lipinski definition) is 0. The lowest BCUT2D eigenvalue weighted by atomic mass is 10.1. The van der Waals surface area contributed by atoms with Crippen LogP contribution in [0, 0.1) is 0 Å². The second-order valence-electron chi connectivity index (χ2n) is 3.57. The van der Waals surface area contributed by atoms with Gasteiger partial charge in [-0.3, -0.25) is 0 Å². The predicted octanol–water partition coefficient (Wildman–Crippen LogP) is 4.04. The molecule has 0 bridgehead atoms. The zero-order valence-electron chi connectivity index (χ0n) is 9.53. The van der Waals surface area contributed by atoms with Gasteiger partial charge in [0.1, 0.15) is 5.75 Å². The minimum absolute atomic E-state index is 0.893. The van der Waals surface area contributed by atoms with Crippen molar-refractivity contribution in [3.05, 3.63) is 53.8 Å². The Hall–Kier alpha value is -1.98. The van der Waals surface area contributed by atoms with Gasteiger partial charge < -0.3 is 4.74 Å². The highest BCUT2D eigenvalue weighted by molar-refractivity contribution is 5.85. The van der Waals surface area contributed by atoms with E-state index in [9.17, 15) is 0 Å². The summed E-state index contributed by atoms with van der Waals surface area (Å²) < 4.78 is 5.19. The van der Waals surface area contributed by atoms with Gasteiger partial charge >= 0.3 is 0 Å². The van der Waals surface area contributed by atoms with Crippen LogP contribution in [0.1, 0.15) is 12.5 Å². The zero-order chi connectivity index (χ0) is 11.4. The van der Waals surface area contributed by atoms with E-state index < -0.39 is 0 Å². The Morgan fingerprint density at radius 1 is 1.06 bits per heavy atom. The van der Waals surface area contributed by atoms with Crippen LogP contribution in [0.2, 0.25) is 0 Å². The van der Waals surface area contributed by atoms with Crippen molar-refractivity contribution in [1.82, 2.24) is 0 Å². The normalized spacial score (nSPS) is 9.62. The molecule has 0 amide bonds. The Morgan fingerprint density at radius 3 is 2.56 bits per heavy atom. The molecule has 0 aliphatic rings. The van der Waals surface area contributed by atoms with Gasteiger partial charge in [-0.25, -0.2) is 0 Å². The van der Waals surface area contributed by atoms with Crippen LogP contribution >= 0.6 is 0 Å². The first-order valence-corrected chi connectivity index (χ1v) is 5.28. The number of allylic oxidation sites excluding steroid dienone is 1. The highest BCUT2D eigenvalue weighted by Gasteiger charge is 1.96. The Kier molecular flexibility index (Phi) is 3.09. The minimum Gasteiger partial charge on any atom is -0.497 e. The van der Waals surface area contributed by atoms with Gasteiger partial charge in [0, 0.05) is 0 Å². The van der Waals surface area contributed by atoms with Gasteiger partial charge in [0.2, 0.25) is 0 Å². The number of methoxy groups -OCH3 is 1. The molecule has 0 atom stereocenters. The number of rotatable bonds is 2. The Morgan fingerprint density at radius 2 is 1.81 bits per heavy atom. The molecule has 0 radical (unpaired) electrons. The van der Waals surface area contributed by atoms with Crippen LogP contribution in [-0.2, 0) is 0 Å². The molecular weight excluding hydrogens is 196 g/mol. The third-order valence-electron chi connectivity index (χ3n) is 2.49. The van der Waals surface area contributed by atoms with Gasteiger partial charge in [-0.1, -0.05) is 18.2 Å². The smallest absolute Gasteiger partial charge is 0.119 e. The monoisotopic (exact) mass is 210 g/mol.